The molecule has 3 aromatic rings. The van der Waals surface area contributed by atoms with Crippen LogP contribution in [0.15, 0.2) is 54.6 Å². The maximum Gasteiger partial charge on any atom is 0.272 e. The average molecular weight is 730 g/mol. The molecule has 0 unspecified atom stereocenters. The fourth-order valence-corrected chi connectivity index (χ4v) is 5.40. The number of carbonyl (C=O) groups is 6. The number of aromatic nitrogens is 3. The normalized spacial score (nSPS) is 10.9. The Kier molecular flexibility index (Phi) is 15.5. The molecule has 0 atom stereocenters. The van der Waals surface area contributed by atoms with Crippen molar-refractivity contribution in [3.05, 3.63) is 88.8 Å². The lowest BCUT2D eigenvalue weighted by Gasteiger charge is -2.30. The summed E-state index contributed by atoms with van der Waals surface area (Å²) in [5.74, 6) is -2.57. The summed E-state index contributed by atoms with van der Waals surface area (Å²) in [6.07, 6.45) is 0. The summed E-state index contributed by atoms with van der Waals surface area (Å²) in [5.41, 5.74) is -0.520. The Morgan fingerprint density at radius 1 is 0.453 bits per heavy atom. The van der Waals surface area contributed by atoms with Crippen molar-refractivity contribution >= 4 is 35.4 Å². The molecule has 3 heterocycles. The van der Waals surface area contributed by atoms with Crippen molar-refractivity contribution in [3.8, 4) is 0 Å². The van der Waals surface area contributed by atoms with Crippen LogP contribution in [-0.4, -0.2) is 124 Å². The minimum absolute atomic E-state index is 0.0243. The minimum atomic E-state index is -0.987. The first-order chi connectivity index (χ1) is 25.3. The van der Waals surface area contributed by atoms with E-state index in [1.54, 1.807) is 58.0 Å². The molecule has 284 valence electrons. The average Bonchev–Trinajstić information content (AvgIpc) is 3.19. The number of nitrogens with zero attached hydrogens (tertiary/aromatic N) is 6. The zero-order valence-corrected chi connectivity index (χ0v) is 31.7. The molecule has 3 rings (SSSR count). The zero-order valence-electron chi connectivity index (χ0n) is 31.7. The first-order valence-corrected chi connectivity index (χ1v) is 18.0. The van der Waals surface area contributed by atoms with Gasteiger partial charge in [0, 0.05) is 64.3 Å². The molecule has 0 spiro atoms. The van der Waals surface area contributed by atoms with Gasteiger partial charge in [0.25, 0.3) is 35.4 Å². The van der Waals surface area contributed by atoms with Gasteiger partial charge in [0.15, 0.2) is 0 Å². The van der Waals surface area contributed by atoms with E-state index in [9.17, 15) is 28.8 Å². The van der Waals surface area contributed by atoms with Crippen LogP contribution in [0.5, 0.6) is 0 Å². The van der Waals surface area contributed by atoms with E-state index in [-0.39, 0.29) is 71.5 Å². The highest BCUT2D eigenvalue weighted by molar-refractivity contribution is 5.98. The van der Waals surface area contributed by atoms with Crippen molar-refractivity contribution < 1.29 is 28.8 Å². The number of nitrogens with one attached hydrogen (secondary N) is 3. The highest BCUT2D eigenvalue weighted by atomic mass is 16.2. The highest BCUT2D eigenvalue weighted by Gasteiger charge is 2.29. The minimum Gasteiger partial charge on any atom is -0.350 e. The number of amides is 6. The lowest BCUT2D eigenvalue weighted by Crippen LogP contribution is -2.50. The smallest absolute Gasteiger partial charge is 0.272 e. The predicted molar refractivity (Wildman–Crippen MR) is 200 cm³/mol. The van der Waals surface area contributed by atoms with E-state index >= 15 is 0 Å². The van der Waals surface area contributed by atoms with Crippen LogP contribution in [0.4, 0.5) is 0 Å². The molecular weight excluding hydrogens is 678 g/mol. The number of rotatable bonds is 18. The standard InChI is InChI=1S/C38H51N9O6/c1-8-45(9-2)35(51)29-20-14-17-26(42-29)32(48)39-23-38(7,24-40-33(49)27-18-15-21-30(43-27)36(52)46(10-3)11-4)25-41-34(50)28-19-16-22-31(44-28)37(53)47(12-5)13-6/h14-22H,8-13,23-25H2,1-7H3,(H,39,48)(H,40,49)(H,41,50). The zero-order chi connectivity index (χ0) is 39.1. The SMILES string of the molecule is CCN(CC)C(=O)c1cccc(C(=O)NCC(C)(CNC(=O)c2cccc(C(=O)N(CC)CC)n2)CNC(=O)c2cccc(C(=O)N(CC)CC)n2)n1. The van der Waals surface area contributed by atoms with Crippen molar-refractivity contribution in [2.24, 2.45) is 5.41 Å². The predicted octanol–water partition coefficient (Wildman–Crippen LogP) is 2.91. The summed E-state index contributed by atoms with van der Waals surface area (Å²) >= 11 is 0. The fraction of sp³-hybridized carbons (Fsp3) is 0.447. The van der Waals surface area contributed by atoms with Gasteiger partial charge in [0.1, 0.15) is 34.2 Å². The van der Waals surface area contributed by atoms with E-state index in [0.29, 0.717) is 39.3 Å². The Labute approximate surface area is 310 Å². The van der Waals surface area contributed by atoms with Crippen molar-refractivity contribution in [2.45, 2.75) is 48.5 Å². The Balaban J connectivity index is 1.83. The van der Waals surface area contributed by atoms with Crippen molar-refractivity contribution in [1.29, 1.82) is 0 Å². The maximum atomic E-state index is 13.3. The van der Waals surface area contributed by atoms with Crippen LogP contribution in [0.2, 0.25) is 0 Å². The third kappa shape index (κ3) is 11.1. The lowest BCUT2D eigenvalue weighted by molar-refractivity contribution is 0.0758. The quantitative estimate of drug-likeness (QED) is 0.177. The first-order valence-electron chi connectivity index (χ1n) is 18.0. The first kappa shape index (κ1) is 41.7. The number of carbonyl (C=O) groups excluding carboxylic acids is 6. The topological polar surface area (TPSA) is 187 Å². The van der Waals surface area contributed by atoms with Gasteiger partial charge in [-0.3, -0.25) is 28.8 Å². The van der Waals surface area contributed by atoms with Crippen LogP contribution in [0.3, 0.4) is 0 Å². The van der Waals surface area contributed by atoms with Gasteiger partial charge in [0.2, 0.25) is 0 Å². The summed E-state index contributed by atoms with van der Waals surface area (Å²) < 4.78 is 0. The van der Waals surface area contributed by atoms with Crippen LogP contribution in [0.1, 0.15) is 111 Å². The highest BCUT2D eigenvalue weighted by Crippen LogP contribution is 2.15. The van der Waals surface area contributed by atoms with Crippen LogP contribution < -0.4 is 16.0 Å². The molecule has 0 bridgehead atoms. The van der Waals surface area contributed by atoms with Gasteiger partial charge in [-0.1, -0.05) is 25.1 Å². The van der Waals surface area contributed by atoms with Crippen LogP contribution in [0.25, 0.3) is 0 Å². The Hall–Kier alpha value is -5.73. The molecule has 0 saturated carbocycles. The molecule has 0 aliphatic heterocycles. The molecule has 3 N–H and O–H groups in total. The molecule has 15 nitrogen and oxygen atoms in total. The largest absolute Gasteiger partial charge is 0.350 e. The Morgan fingerprint density at radius 2 is 0.679 bits per heavy atom. The molecule has 0 saturated heterocycles. The summed E-state index contributed by atoms with van der Waals surface area (Å²) in [6, 6.07) is 13.9. The van der Waals surface area contributed by atoms with E-state index in [4.69, 9.17) is 0 Å². The molecule has 0 aliphatic carbocycles. The molecule has 6 amide bonds. The number of hydrogen-bond acceptors (Lipinski definition) is 9. The Morgan fingerprint density at radius 3 is 0.906 bits per heavy atom. The Bertz CT molecular complexity index is 1570. The third-order valence-electron chi connectivity index (χ3n) is 8.78. The molecule has 53 heavy (non-hydrogen) atoms. The van der Waals surface area contributed by atoms with E-state index < -0.39 is 23.1 Å². The number of pyridine rings is 3. The summed E-state index contributed by atoms with van der Waals surface area (Å²) in [4.78, 5) is 96.3. The van der Waals surface area contributed by atoms with Crippen LogP contribution >= 0.6 is 0 Å². The molecule has 3 aromatic heterocycles. The van der Waals surface area contributed by atoms with Gasteiger partial charge in [-0.25, -0.2) is 15.0 Å². The van der Waals surface area contributed by atoms with Gasteiger partial charge in [-0.15, -0.1) is 0 Å². The van der Waals surface area contributed by atoms with Gasteiger partial charge in [-0.05, 0) is 77.9 Å². The molecule has 15 heteroatoms. The fourth-order valence-electron chi connectivity index (χ4n) is 5.40. The second kappa shape index (κ2) is 19.8. The summed E-state index contributed by atoms with van der Waals surface area (Å²) in [7, 11) is 0. The molecular formula is C38H51N9O6. The van der Waals surface area contributed by atoms with Crippen molar-refractivity contribution in [3.63, 3.8) is 0 Å². The maximum absolute atomic E-state index is 13.3. The number of hydrogen-bond donors (Lipinski definition) is 3. The monoisotopic (exact) mass is 729 g/mol. The second-order valence-electron chi connectivity index (χ2n) is 12.5. The second-order valence-corrected chi connectivity index (χ2v) is 12.5. The van der Waals surface area contributed by atoms with Crippen molar-refractivity contribution in [2.75, 3.05) is 58.9 Å². The van der Waals surface area contributed by atoms with E-state index in [2.05, 4.69) is 30.9 Å². The van der Waals surface area contributed by atoms with Gasteiger partial charge >= 0.3 is 0 Å². The van der Waals surface area contributed by atoms with Crippen LogP contribution in [0, 0.1) is 5.41 Å². The lowest BCUT2D eigenvalue weighted by atomic mass is 9.89. The van der Waals surface area contributed by atoms with Gasteiger partial charge in [0.05, 0.1) is 0 Å². The van der Waals surface area contributed by atoms with E-state index in [0.717, 1.165) is 0 Å². The third-order valence-corrected chi connectivity index (χ3v) is 8.78. The van der Waals surface area contributed by atoms with Crippen LogP contribution in [-0.2, 0) is 0 Å². The van der Waals surface area contributed by atoms with Gasteiger partial charge in [-0.2, -0.15) is 0 Å². The molecule has 0 radical (unpaired) electrons. The molecule has 0 aromatic carbocycles. The van der Waals surface area contributed by atoms with Crippen molar-refractivity contribution in [1.82, 2.24) is 45.6 Å². The molecule has 0 aliphatic rings. The summed E-state index contributed by atoms with van der Waals surface area (Å²) in [6.45, 7) is 15.7. The summed E-state index contributed by atoms with van der Waals surface area (Å²) in [5, 5.41) is 8.48. The van der Waals surface area contributed by atoms with Gasteiger partial charge < -0.3 is 30.7 Å². The van der Waals surface area contributed by atoms with E-state index in [1.165, 1.54) is 18.2 Å². The van der Waals surface area contributed by atoms with E-state index in [1.807, 2.05) is 41.5 Å². The molecule has 0 fully saturated rings.